The van der Waals surface area contributed by atoms with Crippen molar-refractivity contribution in [3.63, 3.8) is 0 Å². The maximum absolute atomic E-state index is 12.7. The van der Waals surface area contributed by atoms with E-state index in [4.69, 9.17) is 4.52 Å². The molecule has 24 heavy (non-hydrogen) atoms. The van der Waals surface area contributed by atoms with Crippen LogP contribution in [0.1, 0.15) is 49.1 Å². The lowest BCUT2D eigenvalue weighted by Crippen LogP contribution is -2.41. The van der Waals surface area contributed by atoms with Crippen LogP contribution in [0.25, 0.3) is 0 Å². The molecule has 3 rings (SSSR count). The lowest BCUT2D eigenvalue weighted by molar-refractivity contribution is -0.133. The van der Waals surface area contributed by atoms with Gasteiger partial charge < -0.3 is 9.42 Å². The van der Waals surface area contributed by atoms with Crippen LogP contribution in [0.2, 0.25) is 0 Å². The third kappa shape index (κ3) is 3.66. The van der Waals surface area contributed by atoms with Crippen molar-refractivity contribution in [3.05, 3.63) is 29.7 Å². The van der Waals surface area contributed by atoms with Crippen LogP contribution < -0.4 is 0 Å². The molecule has 2 aromatic rings. The van der Waals surface area contributed by atoms with E-state index < -0.39 is 0 Å². The predicted molar refractivity (Wildman–Crippen MR) is 88.3 cm³/mol. The third-order valence-corrected chi connectivity index (χ3v) is 4.85. The van der Waals surface area contributed by atoms with Gasteiger partial charge in [0.25, 0.3) is 0 Å². The lowest BCUT2D eigenvalue weighted by Gasteiger charge is -2.33. The molecule has 7 nitrogen and oxygen atoms in total. The molecule has 2 aromatic heterocycles. The van der Waals surface area contributed by atoms with Crippen LogP contribution >= 0.6 is 0 Å². The highest BCUT2D eigenvalue weighted by atomic mass is 16.5. The van der Waals surface area contributed by atoms with Gasteiger partial charge in [0.15, 0.2) is 0 Å². The van der Waals surface area contributed by atoms with Crippen molar-refractivity contribution in [2.75, 3.05) is 13.1 Å². The minimum absolute atomic E-state index is 0.124. The fourth-order valence-electron chi connectivity index (χ4n) is 3.72. The van der Waals surface area contributed by atoms with Crippen molar-refractivity contribution < 1.29 is 9.32 Å². The van der Waals surface area contributed by atoms with Crippen molar-refractivity contribution in [1.82, 2.24) is 24.8 Å². The Hall–Kier alpha value is -2.18. The SMILES string of the molecule is Cc1noc(C)c1[C@H](C)CC(=O)N1CCC[C@@H](Cn2cncn2)C1. The van der Waals surface area contributed by atoms with E-state index in [1.165, 1.54) is 0 Å². The highest BCUT2D eigenvalue weighted by Crippen LogP contribution is 2.27. The van der Waals surface area contributed by atoms with Crippen LogP contribution in [-0.4, -0.2) is 43.8 Å². The van der Waals surface area contributed by atoms with Crippen LogP contribution in [0.15, 0.2) is 17.2 Å². The van der Waals surface area contributed by atoms with Gasteiger partial charge in [-0.15, -0.1) is 0 Å². The number of hydrogen-bond donors (Lipinski definition) is 0. The minimum Gasteiger partial charge on any atom is -0.361 e. The van der Waals surface area contributed by atoms with Crippen molar-refractivity contribution in [3.8, 4) is 0 Å². The summed E-state index contributed by atoms with van der Waals surface area (Å²) in [6.07, 6.45) is 5.96. The second-order valence-electron chi connectivity index (χ2n) is 6.81. The Morgan fingerprint density at radius 3 is 2.96 bits per heavy atom. The largest absolute Gasteiger partial charge is 0.361 e. The summed E-state index contributed by atoms with van der Waals surface area (Å²) in [6, 6.07) is 0. The number of aromatic nitrogens is 4. The number of likely N-dealkylation sites (tertiary alicyclic amines) is 1. The summed E-state index contributed by atoms with van der Waals surface area (Å²) in [5, 5.41) is 8.16. The summed E-state index contributed by atoms with van der Waals surface area (Å²) < 4.78 is 7.08. The molecule has 0 radical (unpaired) electrons. The van der Waals surface area contributed by atoms with Crippen LogP contribution in [0.5, 0.6) is 0 Å². The topological polar surface area (TPSA) is 77.0 Å². The van der Waals surface area contributed by atoms with Crippen LogP contribution in [0.3, 0.4) is 0 Å². The lowest BCUT2D eigenvalue weighted by atomic mass is 9.93. The van der Waals surface area contributed by atoms with E-state index in [1.807, 2.05) is 23.4 Å². The number of rotatable bonds is 5. The van der Waals surface area contributed by atoms with Crippen molar-refractivity contribution in [1.29, 1.82) is 0 Å². The number of hydrogen-bond acceptors (Lipinski definition) is 5. The van der Waals surface area contributed by atoms with E-state index in [1.54, 1.807) is 12.7 Å². The number of aryl methyl sites for hydroxylation is 2. The van der Waals surface area contributed by atoms with Gasteiger partial charge in [0.05, 0.1) is 5.69 Å². The maximum atomic E-state index is 12.7. The van der Waals surface area contributed by atoms with E-state index in [-0.39, 0.29) is 11.8 Å². The molecule has 1 aliphatic rings. The highest BCUT2D eigenvalue weighted by Gasteiger charge is 2.27. The molecular weight excluding hydrogens is 306 g/mol. The average Bonchev–Trinajstić information content (AvgIpc) is 3.17. The van der Waals surface area contributed by atoms with Gasteiger partial charge in [-0.05, 0) is 38.5 Å². The number of amides is 1. The van der Waals surface area contributed by atoms with Crippen LogP contribution in [0, 0.1) is 19.8 Å². The molecule has 1 saturated heterocycles. The van der Waals surface area contributed by atoms with E-state index in [0.29, 0.717) is 12.3 Å². The Labute approximate surface area is 142 Å². The number of carbonyl (C=O) groups excluding carboxylic acids is 1. The first-order valence-electron chi connectivity index (χ1n) is 8.57. The van der Waals surface area contributed by atoms with Crippen molar-refractivity contribution >= 4 is 5.91 Å². The van der Waals surface area contributed by atoms with Gasteiger partial charge in [-0.25, -0.2) is 4.98 Å². The van der Waals surface area contributed by atoms with Gasteiger partial charge >= 0.3 is 0 Å². The average molecular weight is 331 g/mol. The van der Waals surface area contributed by atoms with Gasteiger partial charge in [-0.1, -0.05) is 12.1 Å². The molecule has 2 atom stereocenters. The van der Waals surface area contributed by atoms with Crippen LogP contribution in [0.4, 0.5) is 0 Å². The molecule has 0 unspecified atom stereocenters. The highest BCUT2D eigenvalue weighted by molar-refractivity contribution is 5.77. The van der Waals surface area contributed by atoms with E-state index >= 15 is 0 Å². The molecule has 7 heteroatoms. The third-order valence-electron chi connectivity index (χ3n) is 4.85. The Morgan fingerprint density at radius 2 is 2.29 bits per heavy atom. The summed E-state index contributed by atoms with van der Waals surface area (Å²) in [7, 11) is 0. The second kappa shape index (κ2) is 7.15. The summed E-state index contributed by atoms with van der Waals surface area (Å²) in [4.78, 5) is 18.7. The molecule has 0 bridgehead atoms. The number of carbonyl (C=O) groups is 1. The standard InChI is InChI=1S/C17H25N5O2/c1-12(17-13(2)20-24-14(17)3)7-16(23)21-6-4-5-15(8-21)9-22-11-18-10-19-22/h10-12,15H,4-9H2,1-3H3/t12-,15-/m1/s1. The van der Waals surface area contributed by atoms with E-state index in [9.17, 15) is 4.79 Å². The summed E-state index contributed by atoms with van der Waals surface area (Å²) in [5.41, 5.74) is 1.95. The smallest absolute Gasteiger partial charge is 0.223 e. The number of nitrogens with zero attached hydrogens (tertiary/aromatic N) is 5. The van der Waals surface area contributed by atoms with Gasteiger partial charge in [0, 0.05) is 31.6 Å². The Balaban J connectivity index is 1.58. The molecule has 0 saturated carbocycles. The maximum Gasteiger partial charge on any atom is 0.223 e. The first-order valence-corrected chi connectivity index (χ1v) is 8.57. The van der Waals surface area contributed by atoms with E-state index in [0.717, 1.165) is 49.5 Å². The zero-order valence-electron chi connectivity index (χ0n) is 14.6. The molecule has 0 aliphatic carbocycles. The molecule has 0 aromatic carbocycles. The fraction of sp³-hybridized carbons (Fsp3) is 0.647. The zero-order chi connectivity index (χ0) is 17.1. The van der Waals surface area contributed by atoms with Gasteiger partial charge in [0.1, 0.15) is 18.4 Å². The first kappa shape index (κ1) is 16.7. The summed E-state index contributed by atoms with van der Waals surface area (Å²) in [5.74, 6) is 1.60. The van der Waals surface area contributed by atoms with Gasteiger partial charge in [-0.2, -0.15) is 5.10 Å². The molecule has 0 N–H and O–H groups in total. The van der Waals surface area contributed by atoms with Crippen molar-refractivity contribution in [2.24, 2.45) is 5.92 Å². The molecule has 1 fully saturated rings. The fourth-order valence-corrected chi connectivity index (χ4v) is 3.72. The predicted octanol–water partition coefficient (Wildman–Crippen LogP) is 2.32. The molecule has 130 valence electrons. The minimum atomic E-state index is 0.124. The number of piperidine rings is 1. The molecule has 0 spiro atoms. The second-order valence-corrected chi connectivity index (χ2v) is 6.81. The monoisotopic (exact) mass is 331 g/mol. The Morgan fingerprint density at radius 1 is 1.46 bits per heavy atom. The normalized spacial score (nSPS) is 19.5. The summed E-state index contributed by atoms with van der Waals surface area (Å²) >= 11 is 0. The Bertz CT molecular complexity index is 660. The zero-order valence-corrected chi connectivity index (χ0v) is 14.6. The molecule has 3 heterocycles. The molecule has 1 amide bonds. The quantitative estimate of drug-likeness (QED) is 0.840. The molecular formula is C17H25N5O2. The summed E-state index contributed by atoms with van der Waals surface area (Å²) in [6.45, 7) is 8.38. The van der Waals surface area contributed by atoms with Gasteiger partial charge in [-0.3, -0.25) is 9.48 Å². The van der Waals surface area contributed by atoms with E-state index in [2.05, 4.69) is 22.2 Å². The van der Waals surface area contributed by atoms with Crippen molar-refractivity contribution in [2.45, 2.75) is 52.5 Å². The van der Waals surface area contributed by atoms with Gasteiger partial charge in [0.2, 0.25) is 5.91 Å². The first-order chi connectivity index (χ1) is 11.5. The van der Waals surface area contributed by atoms with Crippen LogP contribution in [-0.2, 0) is 11.3 Å². The Kier molecular flexibility index (Phi) is 4.97. The molecule has 1 aliphatic heterocycles.